The summed E-state index contributed by atoms with van der Waals surface area (Å²) in [6.45, 7) is 0.978. The maximum Gasteiger partial charge on any atom is 0.303 e. The van der Waals surface area contributed by atoms with E-state index in [0.717, 1.165) is 13.0 Å². The number of hydrogen-bond acceptors (Lipinski definition) is 2. The van der Waals surface area contributed by atoms with Gasteiger partial charge in [-0.25, -0.2) is 0 Å². The van der Waals surface area contributed by atoms with Crippen LogP contribution in [0.1, 0.15) is 37.7 Å². The zero-order chi connectivity index (χ0) is 13.2. The number of rotatable bonds is 4. The largest absolute Gasteiger partial charge is 0.481 e. The van der Waals surface area contributed by atoms with E-state index < -0.39 is 5.97 Å². The molecular formula is C16H22ClNO2. The standard InChI is InChI=1S/C16H21NO2.ClH/c18-16(19)10-13-6-7-14-8-9-15(13)17(14)11-12-4-2-1-3-5-12;/h1-5,13-15H,6-11H2,(H,18,19);1H. The SMILES string of the molecule is Cl.O=C(O)CC1CCC2CCC1N2Cc1ccccc1. The van der Waals surface area contributed by atoms with E-state index in [1.54, 1.807) is 0 Å². The molecule has 4 heteroatoms. The third-order valence-corrected chi connectivity index (χ3v) is 4.75. The van der Waals surface area contributed by atoms with Gasteiger partial charge in [-0.05, 0) is 37.2 Å². The summed E-state index contributed by atoms with van der Waals surface area (Å²) in [4.78, 5) is 13.6. The van der Waals surface area contributed by atoms with Crippen LogP contribution in [0.2, 0.25) is 0 Å². The maximum atomic E-state index is 11.0. The first kappa shape index (κ1) is 15.3. The van der Waals surface area contributed by atoms with Crippen molar-refractivity contribution in [3.05, 3.63) is 35.9 Å². The molecule has 0 aromatic heterocycles. The zero-order valence-corrected chi connectivity index (χ0v) is 12.4. The number of carboxylic acids is 1. The number of fused-ring (bicyclic) bond motifs is 2. The summed E-state index contributed by atoms with van der Waals surface area (Å²) in [6.07, 6.45) is 5.01. The van der Waals surface area contributed by atoms with E-state index in [2.05, 4.69) is 29.2 Å². The quantitative estimate of drug-likeness (QED) is 0.926. The van der Waals surface area contributed by atoms with Crippen molar-refractivity contribution in [2.45, 2.75) is 50.7 Å². The van der Waals surface area contributed by atoms with Gasteiger partial charge in [-0.1, -0.05) is 30.3 Å². The Balaban J connectivity index is 0.00000147. The van der Waals surface area contributed by atoms with E-state index in [0.29, 0.717) is 24.4 Å². The third kappa shape index (κ3) is 3.15. The third-order valence-electron chi connectivity index (χ3n) is 4.75. The number of carboxylic acid groups (broad SMARTS) is 1. The molecule has 3 unspecified atom stereocenters. The topological polar surface area (TPSA) is 40.5 Å². The van der Waals surface area contributed by atoms with Gasteiger partial charge < -0.3 is 5.11 Å². The fourth-order valence-electron chi connectivity index (χ4n) is 3.88. The first-order valence-electron chi connectivity index (χ1n) is 7.25. The average molecular weight is 296 g/mol. The number of halogens is 1. The van der Waals surface area contributed by atoms with Crippen LogP contribution in [0.25, 0.3) is 0 Å². The highest BCUT2D eigenvalue weighted by Crippen LogP contribution is 2.41. The van der Waals surface area contributed by atoms with E-state index in [1.165, 1.54) is 24.8 Å². The summed E-state index contributed by atoms with van der Waals surface area (Å²) in [5.41, 5.74) is 1.34. The Bertz CT molecular complexity index is 451. The molecule has 0 saturated carbocycles. The van der Waals surface area contributed by atoms with Crippen LogP contribution in [0.5, 0.6) is 0 Å². The van der Waals surface area contributed by atoms with Crippen molar-refractivity contribution >= 4 is 18.4 Å². The molecule has 2 aliphatic heterocycles. The molecule has 3 rings (SSSR count). The molecule has 3 nitrogen and oxygen atoms in total. The van der Waals surface area contributed by atoms with E-state index in [9.17, 15) is 4.79 Å². The molecule has 1 N–H and O–H groups in total. The van der Waals surface area contributed by atoms with Crippen LogP contribution >= 0.6 is 12.4 Å². The molecule has 0 radical (unpaired) electrons. The van der Waals surface area contributed by atoms with Crippen molar-refractivity contribution in [2.75, 3.05) is 0 Å². The minimum atomic E-state index is -0.644. The molecule has 0 amide bonds. The van der Waals surface area contributed by atoms with Crippen LogP contribution in [0, 0.1) is 5.92 Å². The van der Waals surface area contributed by atoms with Crippen LogP contribution in [-0.4, -0.2) is 28.1 Å². The van der Waals surface area contributed by atoms with Gasteiger partial charge in [0.25, 0.3) is 0 Å². The summed E-state index contributed by atoms with van der Waals surface area (Å²) in [5.74, 6) is -0.296. The first-order chi connectivity index (χ1) is 9.24. The second-order valence-corrected chi connectivity index (χ2v) is 5.89. The molecule has 3 atom stereocenters. The van der Waals surface area contributed by atoms with Crippen molar-refractivity contribution in [1.29, 1.82) is 0 Å². The molecule has 2 aliphatic rings. The lowest BCUT2D eigenvalue weighted by atomic mass is 9.87. The van der Waals surface area contributed by atoms with E-state index in [1.807, 2.05) is 6.07 Å². The zero-order valence-electron chi connectivity index (χ0n) is 11.6. The van der Waals surface area contributed by atoms with Crippen molar-refractivity contribution in [1.82, 2.24) is 4.90 Å². The minimum absolute atomic E-state index is 0. The summed E-state index contributed by atoms with van der Waals surface area (Å²) in [7, 11) is 0. The molecule has 2 heterocycles. The average Bonchev–Trinajstić information content (AvgIpc) is 2.66. The van der Waals surface area contributed by atoms with Gasteiger partial charge in [-0.3, -0.25) is 9.69 Å². The molecule has 1 aromatic carbocycles. The van der Waals surface area contributed by atoms with Gasteiger partial charge in [0.2, 0.25) is 0 Å². The van der Waals surface area contributed by atoms with Gasteiger partial charge in [0.05, 0.1) is 0 Å². The molecular weight excluding hydrogens is 274 g/mol. The second kappa shape index (κ2) is 6.59. The normalized spacial score (nSPS) is 28.9. The van der Waals surface area contributed by atoms with Gasteiger partial charge in [0, 0.05) is 25.0 Å². The Kier molecular flexibility index (Phi) is 5.06. The second-order valence-electron chi connectivity index (χ2n) is 5.89. The molecule has 2 saturated heterocycles. The molecule has 0 spiro atoms. The predicted octanol–water partition coefficient (Wildman–Crippen LogP) is 3.33. The lowest BCUT2D eigenvalue weighted by molar-refractivity contribution is -0.139. The Morgan fingerprint density at radius 3 is 2.55 bits per heavy atom. The van der Waals surface area contributed by atoms with Crippen molar-refractivity contribution < 1.29 is 9.90 Å². The number of hydrogen-bond donors (Lipinski definition) is 1. The lowest BCUT2D eigenvalue weighted by Gasteiger charge is -2.39. The summed E-state index contributed by atoms with van der Waals surface area (Å²) in [6, 6.07) is 11.7. The molecule has 20 heavy (non-hydrogen) atoms. The van der Waals surface area contributed by atoms with Crippen molar-refractivity contribution in [3.63, 3.8) is 0 Å². The molecule has 2 fully saturated rings. The molecule has 110 valence electrons. The molecule has 2 bridgehead atoms. The Morgan fingerprint density at radius 1 is 1.15 bits per heavy atom. The summed E-state index contributed by atoms with van der Waals surface area (Å²) >= 11 is 0. The highest BCUT2D eigenvalue weighted by molar-refractivity contribution is 5.85. The Hall–Kier alpha value is -1.06. The predicted molar refractivity (Wildman–Crippen MR) is 81.0 cm³/mol. The van der Waals surface area contributed by atoms with Gasteiger partial charge in [0.1, 0.15) is 0 Å². The fourth-order valence-corrected chi connectivity index (χ4v) is 3.88. The Morgan fingerprint density at radius 2 is 1.85 bits per heavy atom. The molecule has 0 aliphatic carbocycles. The van der Waals surface area contributed by atoms with Crippen LogP contribution in [0.15, 0.2) is 30.3 Å². The first-order valence-corrected chi connectivity index (χ1v) is 7.25. The van der Waals surface area contributed by atoms with Crippen molar-refractivity contribution in [3.8, 4) is 0 Å². The highest BCUT2D eigenvalue weighted by atomic mass is 35.5. The van der Waals surface area contributed by atoms with Gasteiger partial charge in [-0.15, -0.1) is 12.4 Å². The number of carbonyl (C=O) groups is 1. The number of nitrogens with zero attached hydrogens (tertiary/aromatic N) is 1. The molecule has 1 aromatic rings. The van der Waals surface area contributed by atoms with E-state index in [-0.39, 0.29) is 12.4 Å². The maximum absolute atomic E-state index is 11.0. The Labute approximate surface area is 126 Å². The number of benzene rings is 1. The van der Waals surface area contributed by atoms with Crippen LogP contribution in [0.4, 0.5) is 0 Å². The van der Waals surface area contributed by atoms with Gasteiger partial charge >= 0.3 is 5.97 Å². The number of piperidine rings is 1. The minimum Gasteiger partial charge on any atom is -0.481 e. The van der Waals surface area contributed by atoms with E-state index in [4.69, 9.17) is 5.11 Å². The lowest BCUT2D eigenvalue weighted by Crippen LogP contribution is -2.44. The highest BCUT2D eigenvalue weighted by Gasteiger charge is 2.42. The summed E-state index contributed by atoms with van der Waals surface area (Å²) in [5, 5.41) is 9.05. The fraction of sp³-hybridized carbons (Fsp3) is 0.562. The number of aliphatic carboxylic acids is 1. The van der Waals surface area contributed by atoms with Crippen molar-refractivity contribution in [2.24, 2.45) is 5.92 Å². The van der Waals surface area contributed by atoms with Gasteiger partial charge in [0.15, 0.2) is 0 Å². The van der Waals surface area contributed by atoms with Crippen LogP contribution in [0.3, 0.4) is 0 Å². The summed E-state index contributed by atoms with van der Waals surface area (Å²) < 4.78 is 0. The van der Waals surface area contributed by atoms with Gasteiger partial charge in [-0.2, -0.15) is 0 Å². The monoisotopic (exact) mass is 295 g/mol. The van der Waals surface area contributed by atoms with Crippen LogP contribution < -0.4 is 0 Å². The smallest absolute Gasteiger partial charge is 0.303 e. The van der Waals surface area contributed by atoms with E-state index >= 15 is 0 Å². The van der Waals surface area contributed by atoms with Crippen LogP contribution in [-0.2, 0) is 11.3 Å².